The van der Waals surface area contributed by atoms with Gasteiger partial charge in [0.2, 0.25) is 5.95 Å². The molecule has 0 bridgehead atoms. The molecule has 0 spiro atoms. The minimum Gasteiger partial charge on any atom is -0.361 e. The Bertz CT molecular complexity index is 1070. The fraction of sp³-hybridized carbons (Fsp3) is 0.316. The van der Waals surface area contributed by atoms with Crippen molar-refractivity contribution < 1.29 is 8.42 Å². The van der Waals surface area contributed by atoms with Gasteiger partial charge < -0.3 is 9.80 Å². The highest BCUT2D eigenvalue weighted by atomic mass is 32.2. The Hall–Kier alpha value is -3.14. The van der Waals surface area contributed by atoms with Gasteiger partial charge in [0.05, 0.1) is 16.8 Å². The lowest BCUT2D eigenvalue weighted by Crippen LogP contribution is -2.24. The molecule has 0 unspecified atom stereocenters. The van der Waals surface area contributed by atoms with Crippen LogP contribution >= 0.6 is 0 Å². The maximum Gasteiger partial charge on any atom is 0.262 e. The summed E-state index contributed by atoms with van der Waals surface area (Å²) in [5, 5.41) is 4.14. The molecule has 2 aromatic heterocycles. The van der Waals surface area contributed by atoms with E-state index in [0.717, 1.165) is 31.6 Å². The minimum absolute atomic E-state index is 0.154. The van der Waals surface area contributed by atoms with Crippen LogP contribution in [0.25, 0.3) is 5.69 Å². The normalized spacial score (nSPS) is 14.2. The average molecular weight is 414 g/mol. The third kappa shape index (κ3) is 4.02. The SMILES string of the molecule is CN(C)c1nc(N2CCCC2)ncc1NS(=O)(=O)c1ccc(-n2cccn2)cc1. The maximum atomic E-state index is 12.9. The highest BCUT2D eigenvalue weighted by Crippen LogP contribution is 2.27. The lowest BCUT2D eigenvalue weighted by Gasteiger charge is -2.21. The average Bonchev–Trinajstić information content (AvgIpc) is 3.42. The molecule has 1 aliphatic rings. The molecule has 1 aromatic carbocycles. The smallest absolute Gasteiger partial charge is 0.262 e. The zero-order chi connectivity index (χ0) is 20.4. The fourth-order valence-corrected chi connectivity index (χ4v) is 4.30. The van der Waals surface area contributed by atoms with E-state index in [0.29, 0.717) is 17.5 Å². The fourth-order valence-electron chi connectivity index (χ4n) is 3.25. The molecule has 0 atom stereocenters. The van der Waals surface area contributed by atoms with Gasteiger partial charge in [-0.1, -0.05) is 0 Å². The number of sulfonamides is 1. The van der Waals surface area contributed by atoms with Gasteiger partial charge in [-0.15, -0.1) is 0 Å². The summed E-state index contributed by atoms with van der Waals surface area (Å²) in [6, 6.07) is 8.33. The quantitative estimate of drug-likeness (QED) is 0.661. The van der Waals surface area contributed by atoms with Gasteiger partial charge in [-0.2, -0.15) is 10.1 Å². The van der Waals surface area contributed by atoms with Crippen molar-refractivity contribution in [2.24, 2.45) is 0 Å². The predicted octanol–water partition coefficient (Wildman–Crippen LogP) is 2.13. The summed E-state index contributed by atoms with van der Waals surface area (Å²) in [6.45, 7) is 1.83. The van der Waals surface area contributed by atoms with Gasteiger partial charge in [0.15, 0.2) is 5.82 Å². The van der Waals surface area contributed by atoms with Crippen molar-refractivity contribution in [2.75, 3.05) is 41.7 Å². The van der Waals surface area contributed by atoms with Crippen molar-refractivity contribution in [3.63, 3.8) is 0 Å². The number of anilines is 3. The molecule has 1 fully saturated rings. The topological polar surface area (TPSA) is 96.3 Å². The molecular formula is C19H23N7O2S. The molecule has 0 saturated carbocycles. The van der Waals surface area contributed by atoms with E-state index in [1.807, 2.05) is 14.1 Å². The third-order valence-electron chi connectivity index (χ3n) is 4.73. The van der Waals surface area contributed by atoms with Gasteiger partial charge in [-0.25, -0.2) is 18.1 Å². The second-order valence-corrected chi connectivity index (χ2v) is 8.73. The number of rotatable bonds is 6. The van der Waals surface area contributed by atoms with Crippen LogP contribution in [-0.4, -0.2) is 55.4 Å². The van der Waals surface area contributed by atoms with Crippen molar-refractivity contribution in [1.29, 1.82) is 0 Å². The molecule has 3 heterocycles. The molecule has 9 nitrogen and oxygen atoms in total. The van der Waals surface area contributed by atoms with Crippen LogP contribution < -0.4 is 14.5 Å². The van der Waals surface area contributed by atoms with Gasteiger partial charge in [0.25, 0.3) is 10.0 Å². The Morgan fingerprint density at radius 1 is 1.10 bits per heavy atom. The van der Waals surface area contributed by atoms with E-state index < -0.39 is 10.0 Å². The largest absolute Gasteiger partial charge is 0.361 e. The van der Waals surface area contributed by atoms with Crippen LogP contribution in [0.1, 0.15) is 12.8 Å². The zero-order valence-corrected chi connectivity index (χ0v) is 17.2. The summed E-state index contributed by atoms with van der Waals surface area (Å²) in [4.78, 5) is 13.0. The Morgan fingerprint density at radius 3 is 2.45 bits per heavy atom. The van der Waals surface area contributed by atoms with Crippen LogP contribution in [0.15, 0.2) is 53.8 Å². The molecule has 29 heavy (non-hydrogen) atoms. The summed E-state index contributed by atoms with van der Waals surface area (Å²) in [5.74, 6) is 1.15. The van der Waals surface area contributed by atoms with Crippen LogP contribution in [0, 0.1) is 0 Å². The first kappa shape index (κ1) is 19.2. The first-order chi connectivity index (χ1) is 13.9. The molecule has 0 amide bonds. The van der Waals surface area contributed by atoms with E-state index in [-0.39, 0.29) is 4.90 Å². The Balaban J connectivity index is 1.60. The second-order valence-electron chi connectivity index (χ2n) is 7.05. The zero-order valence-electron chi connectivity index (χ0n) is 16.4. The summed E-state index contributed by atoms with van der Waals surface area (Å²) in [5.41, 5.74) is 1.12. The van der Waals surface area contributed by atoms with Crippen LogP contribution in [0.4, 0.5) is 17.5 Å². The second kappa shape index (κ2) is 7.70. The van der Waals surface area contributed by atoms with Gasteiger partial charge in [-0.05, 0) is 43.2 Å². The van der Waals surface area contributed by atoms with E-state index in [4.69, 9.17) is 0 Å². The summed E-state index contributed by atoms with van der Waals surface area (Å²) in [6.07, 6.45) is 7.23. The first-order valence-electron chi connectivity index (χ1n) is 9.36. The molecule has 0 radical (unpaired) electrons. The maximum absolute atomic E-state index is 12.9. The van der Waals surface area contributed by atoms with Crippen molar-refractivity contribution in [2.45, 2.75) is 17.7 Å². The standard InChI is InChI=1S/C19H23N7O2S/c1-24(2)18-17(14-20-19(22-18)25-11-3-4-12-25)23-29(27,28)16-8-6-15(7-9-16)26-13-5-10-21-26/h5-10,13-14,23H,3-4,11-12H2,1-2H3. The molecule has 4 rings (SSSR count). The number of nitrogens with one attached hydrogen (secondary N) is 1. The number of hydrogen-bond donors (Lipinski definition) is 1. The monoisotopic (exact) mass is 413 g/mol. The van der Waals surface area contributed by atoms with Crippen molar-refractivity contribution >= 4 is 27.5 Å². The van der Waals surface area contributed by atoms with Crippen LogP contribution in [0.2, 0.25) is 0 Å². The molecule has 1 N–H and O–H groups in total. The number of aromatic nitrogens is 4. The Labute approximate surface area is 170 Å². The van der Waals surface area contributed by atoms with E-state index in [1.165, 1.54) is 6.20 Å². The van der Waals surface area contributed by atoms with Gasteiger partial charge in [0.1, 0.15) is 5.69 Å². The van der Waals surface area contributed by atoms with Crippen LogP contribution in [-0.2, 0) is 10.0 Å². The number of benzene rings is 1. The molecule has 3 aromatic rings. The lowest BCUT2D eigenvalue weighted by atomic mass is 10.3. The number of hydrogen-bond acceptors (Lipinski definition) is 7. The van der Waals surface area contributed by atoms with Gasteiger partial charge >= 0.3 is 0 Å². The molecule has 152 valence electrons. The molecule has 10 heteroatoms. The van der Waals surface area contributed by atoms with E-state index >= 15 is 0 Å². The molecule has 1 saturated heterocycles. The van der Waals surface area contributed by atoms with E-state index in [2.05, 4.69) is 24.7 Å². The summed E-state index contributed by atoms with van der Waals surface area (Å²) < 4.78 is 30.1. The molecule has 0 aliphatic carbocycles. The Kier molecular flexibility index (Phi) is 5.10. The third-order valence-corrected chi connectivity index (χ3v) is 6.11. The van der Waals surface area contributed by atoms with Crippen molar-refractivity contribution in [3.8, 4) is 5.69 Å². The predicted molar refractivity (Wildman–Crippen MR) is 112 cm³/mol. The highest BCUT2D eigenvalue weighted by Gasteiger charge is 2.21. The number of nitrogens with zero attached hydrogens (tertiary/aromatic N) is 6. The van der Waals surface area contributed by atoms with Gasteiger partial charge in [0, 0.05) is 39.6 Å². The van der Waals surface area contributed by atoms with Crippen LogP contribution in [0.3, 0.4) is 0 Å². The summed E-state index contributed by atoms with van der Waals surface area (Å²) in [7, 11) is -0.134. The summed E-state index contributed by atoms with van der Waals surface area (Å²) >= 11 is 0. The Morgan fingerprint density at radius 2 is 1.83 bits per heavy atom. The first-order valence-corrected chi connectivity index (χ1v) is 10.8. The van der Waals surface area contributed by atoms with Crippen molar-refractivity contribution in [3.05, 3.63) is 48.9 Å². The van der Waals surface area contributed by atoms with E-state index in [1.54, 1.807) is 52.3 Å². The highest BCUT2D eigenvalue weighted by molar-refractivity contribution is 7.92. The van der Waals surface area contributed by atoms with Gasteiger partial charge in [-0.3, -0.25) is 4.72 Å². The van der Waals surface area contributed by atoms with Crippen LogP contribution in [0.5, 0.6) is 0 Å². The van der Waals surface area contributed by atoms with E-state index in [9.17, 15) is 8.42 Å². The lowest BCUT2D eigenvalue weighted by molar-refractivity contribution is 0.601. The van der Waals surface area contributed by atoms with Crippen molar-refractivity contribution in [1.82, 2.24) is 19.7 Å². The molecular weight excluding hydrogens is 390 g/mol. The molecule has 1 aliphatic heterocycles. The minimum atomic E-state index is -3.79.